The third-order valence-corrected chi connectivity index (χ3v) is 3.27. The van der Waals surface area contributed by atoms with E-state index in [1.807, 2.05) is 0 Å². The molecule has 6 nitrogen and oxygen atoms in total. The van der Waals surface area contributed by atoms with Crippen molar-refractivity contribution in [2.45, 2.75) is 18.6 Å². The molecule has 1 saturated carbocycles. The summed E-state index contributed by atoms with van der Waals surface area (Å²) in [4.78, 5) is 21.2. The molecule has 0 N–H and O–H groups in total. The topological polar surface area (TPSA) is 63.2 Å². The van der Waals surface area contributed by atoms with Gasteiger partial charge in [0.1, 0.15) is 5.92 Å². The maximum absolute atomic E-state index is 11.7. The lowest BCUT2D eigenvalue weighted by atomic mass is 10.0. The lowest BCUT2D eigenvalue weighted by Crippen LogP contribution is -2.42. The maximum Gasteiger partial charge on any atom is 0.314 e. The maximum atomic E-state index is 11.7. The van der Waals surface area contributed by atoms with Crippen molar-refractivity contribution in [3.8, 4) is 0 Å². The first-order valence-corrected chi connectivity index (χ1v) is 5.47. The predicted molar refractivity (Wildman–Crippen MR) is 57.9 cm³/mol. The molecule has 0 heterocycles. The molecular formula is C11H20O6. The van der Waals surface area contributed by atoms with Crippen molar-refractivity contribution in [3.63, 3.8) is 0 Å². The Bertz CT molecular complexity index is 250. The normalized spacial score (nSPS) is 27.1. The van der Waals surface area contributed by atoms with Crippen LogP contribution in [0.5, 0.6) is 0 Å². The minimum atomic E-state index is -0.922. The number of hydrogen-bond acceptors (Lipinski definition) is 6. The first-order valence-electron chi connectivity index (χ1n) is 5.47. The van der Waals surface area contributed by atoms with Gasteiger partial charge in [0, 0.05) is 20.6 Å². The molecule has 0 spiro atoms. The summed E-state index contributed by atoms with van der Waals surface area (Å²) in [6.45, 7) is 0.401. The molecule has 17 heavy (non-hydrogen) atoms. The number of carbonyl (C=O) groups excluding carboxylic acids is 1. The van der Waals surface area contributed by atoms with E-state index in [4.69, 9.17) is 19.1 Å². The van der Waals surface area contributed by atoms with Gasteiger partial charge in [-0.15, -0.1) is 0 Å². The van der Waals surface area contributed by atoms with Crippen molar-refractivity contribution >= 4 is 5.97 Å². The quantitative estimate of drug-likeness (QED) is 0.299. The molecule has 6 heteroatoms. The lowest BCUT2D eigenvalue weighted by Gasteiger charge is -2.30. The highest BCUT2D eigenvalue weighted by Gasteiger charge is 2.52. The molecule has 1 aliphatic carbocycles. The standard InChI is InChI=1S/C11H20O6/c1-13-10(12)9-5-8(7-17-16-4)6-11(9,14-2)15-3/h8-9H,5-7H2,1-4H3. The summed E-state index contributed by atoms with van der Waals surface area (Å²) in [7, 11) is 5.86. The summed E-state index contributed by atoms with van der Waals surface area (Å²) >= 11 is 0. The molecule has 0 aromatic carbocycles. The van der Waals surface area contributed by atoms with Gasteiger partial charge in [0.25, 0.3) is 0 Å². The van der Waals surface area contributed by atoms with Crippen LogP contribution in [0, 0.1) is 11.8 Å². The van der Waals surface area contributed by atoms with E-state index in [1.165, 1.54) is 28.4 Å². The van der Waals surface area contributed by atoms with E-state index in [0.717, 1.165) is 0 Å². The third-order valence-electron chi connectivity index (χ3n) is 3.27. The highest BCUT2D eigenvalue weighted by molar-refractivity contribution is 5.74. The lowest BCUT2D eigenvalue weighted by molar-refractivity contribution is -0.282. The highest BCUT2D eigenvalue weighted by atomic mass is 17.2. The van der Waals surface area contributed by atoms with Crippen molar-refractivity contribution in [2.75, 3.05) is 35.0 Å². The van der Waals surface area contributed by atoms with Crippen LogP contribution in [-0.2, 0) is 28.8 Å². The number of methoxy groups -OCH3 is 3. The monoisotopic (exact) mass is 248 g/mol. The molecule has 2 unspecified atom stereocenters. The Morgan fingerprint density at radius 3 is 2.35 bits per heavy atom. The van der Waals surface area contributed by atoms with E-state index >= 15 is 0 Å². The van der Waals surface area contributed by atoms with E-state index in [9.17, 15) is 4.79 Å². The number of carbonyl (C=O) groups is 1. The fourth-order valence-electron chi connectivity index (χ4n) is 2.38. The van der Waals surface area contributed by atoms with Crippen LogP contribution in [0.2, 0.25) is 0 Å². The van der Waals surface area contributed by atoms with Crippen LogP contribution in [0.15, 0.2) is 0 Å². The molecular weight excluding hydrogens is 228 g/mol. The molecule has 0 saturated heterocycles. The zero-order chi connectivity index (χ0) is 12.9. The fourth-order valence-corrected chi connectivity index (χ4v) is 2.38. The van der Waals surface area contributed by atoms with Gasteiger partial charge in [0.2, 0.25) is 0 Å². The van der Waals surface area contributed by atoms with Gasteiger partial charge in [0.05, 0.1) is 20.8 Å². The first-order chi connectivity index (χ1) is 8.13. The van der Waals surface area contributed by atoms with Crippen LogP contribution in [0.4, 0.5) is 0 Å². The van der Waals surface area contributed by atoms with E-state index in [-0.39, 0.29) is 11.9 Å². The average Bonchev–Trinajstić information content (AvgIpc) is 2.75. The zero-order valence-corrected chi connectivity index (χ0v) is 10.7. The minimum Gasteiger partial charge on any atom is -0.469 e. The van der Waals surface area contributed by atoms with Gasteiger partial charge in [-0.05, 0) is 12.3 Å². The largest absolute Gasteiger partial charge is 0.469 e. The van der Waals surface area contributed by atoms with Crippen molar-refractivity contribution in [1.29, 1.82) is 0 Å². The van der Waals surface area contributed by atoms with Crippen LogP contribution >= 0.6 is 0 Å². The summed E-state index contributed by atoms with van der Waals surface area (Å²) in [6, 6.07) is 0. The van der Waals surface area contributed by atoms with Crippen molar-refractivity contribution in [3.05, 3.63) is 0 Å². The average molecular weight is 248 g/mol. The van der Waals surface area contributed by atoms with Gasteiger partial charge < -0.3 is 14.2 Å². The fraction of sp³-hybridized carbons (Fsp3) is 0.909. The van der Waals surface area contributed by atoms with E-state index in [0.29, 0.717) is 19.4 Å². The Balaban J connectivity index is 2.75. The molecule has 1 aliphatic rings. The molecule has 100 valence electrons. The molecule has 0 aromatic rings. The summed E-state index contributed by atoms with van der Waals surface area (Å²) in [5, 5.41) is 0. The van der Waals surface area contributed by atoms with Crippen LogP contribution in [0.25, 0.3) is 0 Å². The summed E-state index contributed by atoms with van der Waals surface area (Å²) in [5.41, 5.74) is 0. The summed E-state index contributed by atoms with van der Waals surface area (Å²) < 4.78 is 15.5. The summed E-state index contributed by atoms with van der Waals surface area (Å²) in [6.07, 6.45) is 1.17. The zero-order valence-electron chi connectivity index (χ0n) is 10.7. The molecule has 1 fully saturated rings. The van der Waals surface area contributed by atoms with Crippen molar-refractivity contribution in [1.82, 2.24) is 0 Å². The van der Waals surface area contributed by atoms with E-state index in [1.54, 1.807) is 0 Å². The number of ether oxygens (including phenoxy) is 3. The Hall–Kier alpha value is -0.690. The van der Waals surface area contributed by atoms with Crippen molar-refractivity contribution in [2.24, 2.45) is 11.8 Å². The summed E-state index contributed by atoms with van der Waals surface area (Å²) in [5.74, 6) is -1.55. The molecule has 0 aliphatic heterocycles. The highest BCUT2D eigenvalue weighted by Crippen LogP contribution is 2.43. The molecule has 0 amide bonds. The molecule has 1 rings (SSSR count). The number of rotatable bonds is 6. The van der Waals surface area contributed by atoms with Gasteiger partial charge in [-0.25, -0.2) is 9.78 Å². The SMILES string of the molecule is COOCC1CC(C(=O)OC)C(OC)(OC)C1. The smallest absolute Gasteiger partial charge is 0.314 e. The first kappa shape index (κ1) is 14.4. The van der Waals surface area contributed by atoms with Gasteiger partial charge in [-0.2, -0.15) is 0 Å². The van der Waals surface area contributed by atoms with Crippen molar-refractivity contribution < 1.29 is 28.8 Å². The van der Waals surface area contributed by atoms with Crippen LogP contribution in [0.3, 0.4) is 0 Å². The third kappa shape index (κ3) is 2.95. The van der Waals surface area contributed by atoms with Gasteiger partial charge in [0.15, 0.2) is 5.79 Å². The minimum absolute atomic E-state index is 0.138. The van der Waals surface area contributed by atoms with E-state index in [2.05, 4.69) is 4.89 Å². The number of esters is 1. The second-order valence-corrected chi connectivity index (χ2v) is 4.05. The van der Waals surface area contributed by atoms with Crippen LogP contribution < -0.4 is 0 Å². The number of hydrogen-bond donors (Lipinski definition) is 0. The van der Waals surface area contributed by atoms with E-state index < -0.39 is 11.7 Å². The molecule has 2 atom stereocenters. The molecule has 0 bridgehead atoms. The predicted octanol–water partition coefficient (Wildman–Crippen LogP) is 0.753. The van der Waals surface area contributed by atoms with Crippen LogP contribution in [0.1, 0.15) is 12.8 Å². The molecule has 0 aromatic heterocycles. The molecule has 0 radical (unpaired) electrons. The second kappa shape index (κ2) is 6.30. The Morgan fingerprint density at radius 2 is 1.88 bits per heavy atom. The second-order valence-electron chi connectivity index (χ2n) is 4.05. The van der Waals surface area contributed by atoms with Gasteiger partial charge in [-0.1, -0.05) is 0 Å². The Labute approximate surface area is 101 Å². The van der Waals surface area contributed by atoms with Gasteiger partial charge in [-0.3, -0.25) is 4.79 Å². The van der Waals surface area contributed by atoms with Crippen LogP contribution in [-0.4, -0.2) is 46.8 Å². The van der Waals surface area contributed by atoms with Gasteiger partial charge >= 0.3 is 5.97 Å². The Morgan fingerprint density at radius 1 is 1.24 bits per heavy atom. The Kier molecular flexibility index (Phi) is 5.32.